The lowest BCUT2D eigenvalue weighted by atomic mass is 9.98. The first-order chi connectivity index (χ1) is 9.02. The first-order valence-corrected chi connectivity index (χ1v) is 7.30. The summed E-state index contributed by atoms with van der Waals surface area (Å²) in [6.07, 6.45) is 0. The van der Waals surface area contributed by atoms with Crippen molar-refractivity contribution in [2.24, 2.45) is 0 Å². The van der Waals surface area contributed by atoms with Crippen molar-refractivity contribution in [3.05, 3.63) is 63.1 Å². The van der Waals surface area contributed by atoms with Crippen LogP contribution in [0.5, 0.6) is 5.75 Å². The number of aryl methyl sites for hydroxylation is 2. The molecule has 2 aromatic rings. The van der Waals surface area contributed by atoms with Gasteiger partial charge in [-0.15, -0.1) is 11.6 Å². The molecule has 0 bridgehead atoms. The third-order valence-electron chi connectivity index (χ3n) is 3.22. The van der Waals surface area contributed by atoms with Crippen LogP contribution in [-0.2, 0) is 0 Å². The van der Waals surface area contributed by atoms with Crippen LogP contribution in [0.4, 0.5) is 0 Å². The largest absolute Gasteiger partial charge is 0.496 e. The molecule has 2 aromatic carbocycles. The number of halogens is 2. The Morgan fingerprint density at radius 1 is 1.05 bits per heavy atom. The van der Waals surface area contributed by atoms with Gasteiger partial charge in [0.05, 0.1) is 12.5 Å². The van der Waals surface area contributed by atoms with E-state index in [1.165, 1.54) is 5.56 Å². The van der Waals surface area contributed by atoms with Gasteiger partial charge in [-0.2, -0.15) is 0 Å². The molecule has 0 aliphatic carbocycles. The minimum absolute atomic E-state index is 0.141. The van der Waals surface area contributed by atoms with E-state index < -0.39 is 0 Å². The second-order valence-electron chi connectivity index (χ2n) is 4.59. The van der Waals surface area contributed by atoms with Crippen molar-refractivity contribution < 1.29 is 4.74 Å². The second kappa shape index (κ2) is 5.98. The minimum Gasteiger partial charge on any atom is -0.496 e. The molecule has 0 spiro atoms. The monoisotopic (exact) mass is 338 g/mol. The van der Waals surface area contributed by atoms with Gasteiger partial charge in [0.25, 0.3) is 0 Å². The molecule has 0 radical (unpaired) electrons. The summed E-state index contributed by atoms with van der Waals surface area (Å²) in [5, 5.41) is -0.141. The van der Waals surface area contributed by atoms with Crippen molar-refractivity contribution >= 4 is 27.5 Å². The van der Waals surface area contributed by atoms with E-state index in [9.17, 15) is 0 Å². The maximum atomic E-state index is 6.60. The Bertz CT molecular complexity index is 595. The highest BCUT2D eigenvalue weighted by atomic mass is 79.9. The van der Waals surface area contributed by atoms with Crippen molar-refractivity contribution in [1.29, 1.82) is 0 Å². The predicted molar refractivity (Wildman–Crippen MR) is 84.3 cm³/mol. The summed E-state index contributed by atoms with van der Waals surface area (Å²) in [6.45, 7) is 4.10. The molecule has 3 heteroatoms. The Morgan fingerprint density at radius 3 is 2.37 bits per heavy atom. The first-order valence-electron chi connectivity index (χ1n) is 6.07. The zero-order valence-corrected chi connectivity index (χ0v) is 13.5. The van der Waals surface area contributed by atoms with E-state index in [2.05, 4.69) is 41.1 Å². The summed E-state index contributed by atoms with van der Waals surface area (Å²) in [5.41, 5.74) is 4.50. The Labute approximate surface area is 127 Å². The molecule has 0 amide bonds. The first kappa shape index (κ1) is 14.4. The third kappa shape index (κ3) is 3.13. The molecule has 0 aliphatic rings. The summed E-state index contributed by atoms with van der Waals surface area (Å²) in [6, 6.07) is 12.2. The molecule has 1 nitrogen and oxygen atoms in total. The van der Waals surface area contributed by atoms with E-state index in [0.717, 1.165) is 26.9 Å². The van der Waals surface area contributed by atoms with Crippen molar-refractivity contribution in [3.8, 4) is 5.75 Å². The van der Waals surface area contributed by atoms with Crippen molar-refractivity contribution in [1.82, 2.24) is 0 Å². The van der Waals surface area contributed by atoms with E-state index >= 15 is 0 Å². The molecule has 0 aliphatic heterocycles. The summed E-state index contributed by atoms with van der Waals surface area (Å²) in [5.74, 6) is 0.889. The SMILES string of the molecule is COc1ccc(C(Cl)c2ccc(Br)cc2C)cc1C. The van der Waals surface area contributed by atoms with E-state index in [0.29, 0.717) is 0 Å². The molecule has 1 atom stereocenters. The van der Waals surface area contributed by atoms with Crippen molar-refractivity contribution in [3.63, 3.8) is 0 Å². The molecular formula is C16H16BrClO. The molecule has 0 N–H and O–H groups in total. The van der Waals surface area contributed by atoms with Gasteiger partial charge in [-0.1, -0.05) is 34.1 Å². The molecule has 2 rings (SSSR count). The number of ether oxygens (including phenoxy) is 1. The number of alkyl halides is 1. The molecule has 0 aromatic heterocycles. The van der Waals surface area contributed by atoms with Gasteiger partial charge in [0.1, 0.15) is 5.75 Å². The van der Waals surface area contributed by atoms with E-state index in [1.54, 1.807) is 7.11 Å². The quantitative estimate of drug-likeness (QED) is 0.680. The normalized spacial score (nSPS) is 12.3. The lowest BCUT2D eigenvalue weighted by Gasteiger charge is -2.15. The molecule has 100 valence electrons. The smallest absolute Gasteiger partial charge is 0.121 e. The number of benzene rings is 2. The van der Waals surface area contributed by atoms with E-state index in [1.807, 2.05) is 25.1 Å². The van der Waals surface area contributed by atoms with Gasteiger partial charge in [0.2, 0.25) is 0 Å². The minimum atomic E-state index is -0.141. The Balaban J connectivity index is 2.38. The van der Waals surface area contributed by atoms with Gasteiger partial charge in [-0.05, 0) is 54.3 Å². The fraction of sp³-hybridized carbons (Fsp3) is 0.250. The second-order valence-corrected chi connectivity index (χ2v) is 5.94. The van der Waals surface area contributed by atoms with Crippen molar-refractivity contribution in [2.45, 2.75) is 19.2 Å². The van der Waals surface area contributed by atoms with Gasteiger partial charge < -0.3 is 4.74 Å². The zero-order valence-electron chi connectivity index (χ0n) is 11.2. The molecule has 19 heavy (non-hydrogen) atoms. The Hall–Kier alpha value is -0.990. The molecule has 0 saturated carbocycles. The van der Waals surface area contributed by atoms with Crippen LogP contribution in [-0.4, -0.2) is 7.11 Å². The molecule has 1 unspecified atom stereocenters. The topological polar surface area (TPSA) is 9.23 Å². The van der Waals surface area contributed by atoms with Crippen LogP contribution in [0.1, 0.15) is 27.6 Å². The zero-order chi connectivity index (χ0) is 14.0. The number of methoxy groups -OCH3 is 1. The highest BCUT2D eigenvalue weighted by Crippen LogP contribution is 2.34. The Kier molecular flexibility index (Phi) is 4.54. The van der Waals surface area contributed by atoms with Crippen LogP contribution in [0.25, 0.3) is 0 Å². The molecular weight excluding hydrogens is 324 g/mol. The van der Waals surface area contributed by atoms with Crippen LogP contribution in [0.3, 0.4) is 0 Å². The van der Waals surface area contributed by atoms with Gasteiger partial charge in [-0.3, -0.25) is 0 Å². The predicted octanol–water partition coefficient (Wildman–Crippen LogP) is 5.40. The van der Waals surface area contributed by atoms with Crippen LogP contribution in [0, 0.1) is 13.8 Å². The van der Waals surface area contributed by atoms with Gasteiger partial charge >= 0.3 is 0 Å². The van der Waals surface area contributed by atoms with E-state index in [-0.39, 0.29) is 5.38 Å². The lowest BCUT2D eigenvalue weighted by Crippen LogP contribution is -1.98. The molecule has 0 heterocycles. The Morgan fingerprint density at radius 2 is 1.79 bits per heavy atom. The van der Waals surface area contributed by atoms with Crippen molar-refractivity contribution in [2.75, 3.05) is 7.11 Å². The van der Waals surface area contributed by atoms with E-state index in [4.69, 9.17) is 16.3 Å². The van der Waals surface area contributed by atoms with Crippen LogP contribution >= 0.6 is 27.5 Å². The fourth-order valence-electron chi connectivity index (χ4n) is 2.16. The average Bonchev–Trinajstić information content (AvgIpc) is 2.38. The van der Waals surface area contributed by atoms with Crippen LogP contribution in [0.2, 0.25) is 0 Å². The average molecular weight is 340 g/mol. The summed E-state index contributed by atoms with van der Waals surface area (Å²) in [4.78, 5) is 0. The number of hydrogen-bond acceptors (Lipinski definition) is 1. The van der Waals surface area contributed by atoms with Crippen LogP contribution < -0.4 is 4.74 Å². The highest BCUT2D eigenvalue weighted by Gasteiger charge is 2.14. The summed E-state index contributed by atoms with van der Waals surface area (Å²) >= 11 is 10.1. The maximum Gasteiger partial charge on any atom is 0.121 e. The summed E-state index contributed by atoms with van der Waals surface area (Å²) in [7, 11) is 1.68. The maximum absolute atomic E-state index is 6.60. The van der Waals surface area contributed by atoms with Crippen LogP contribution in [0.15, 0.2) is 40.9 Å². The standard InChI is InChI=1S/C16H16BrClO/c1-10-9-13(17)5-6-14(10)16(18)12-4-7-15(19-3)11(2)8-12/h4-9,16H,1-3H3. The van der Waals surface area contributed by atoms with Gasteiger partial charge in [-0.25, -0.2) is 0 Å². The third-order valence-corrected chi connectivity index (χ3v) is 4.20. The fourth-order valence-corrected chi connectivity index (χ4v) is 3.02. The number of hydrogen-bond donors (Lipinski definition) is 0. The van der Waals surface area contributed by atoms with Gasteiger partial charge in [0, 0.05) is 4.47 Å². The lowest BCUT2D eigenvalue weighted by molar-refractivity contribution is 0.411. The molecule has 0 fully saturated rings. The van der Waals surface area contributed by atoms with Gasteiger partial charge in [0.15, 0.2) is 0 Å². The summed E-state index contributed by atoms with van der Waals surface area (Å²) < 4.78 is 6.35. The number of rotatable bonds is 3. The molecule has 0 saturated heterocycles. The highest BCUT2D eigenvalue weighted by molar-refractivity contribution is 9.10.